The molecule has 4 rings (SSSR count). The van der Waals surface area contributed by atoms with Crippen molar-refractivity contribution in [1.29, 1.82) is 0 Å². The number of benzene rings is 2. The Morgan fingerprint density at radius 1 is 1.06 bits per heavy atom. The number of nitrogens with one attached hydrogen (secondary N) is 1. The summed E-state index contributed by atoms with van der Waals surface area (Å²) < 4.78 is 3.37. The van der Waals surface area contributed by atoms with E-state index in [-0.39, 0.29) is 11.5 Å². The molecule has 0 aliphatic carbocycles. The van der Waals surface area contributed by atoms with Crippen LogP contribution in [0, 0.1) is 20.8 Å². The highest BCUT2D eigenvalue weighted by Gasteiger charge is 2.24. The Morgan fingerprint density at radius 3 is 2.47 bits per heavy atom. The second-order valence-corrected chi connectivity index (χ2v) is 8.22. The van der Waals surface area contributed by atoms with Gasteiger partial charge in [-0.05, 0) is 62.9 Å². The van der Waals surface area contributed by atoms with Crippen LogP contribution in [0.15, 0.2) is 59.4 Å². The molecule has 1 N–H and O–H groups in total. The number of carbonyl (C=O) groups excluding carboxylic acids is 1. The minimum absolute atomic E-state index is 0.227. The van der Waals surface area contributed by atoms with Crippen LogP contribution < -0.4 is 10.9 Å². The summed E-state index contributed by atoms with van der Waals surface area (Å²) in [6.07, 6.45) is 0. The van der Waals surface area contributed by atoms with E-state index in [1.165, 1.54) is 0 Å². The third kappa shape index (κ3) is 3.73. The lowest BCUT2D eigenvalue weighted by Crippen LogP contribution is -2.32. The normalized spacial score (nSPS) is 12.2. The highest BCUT2D eigenvalue weighted by Crippen LogP contribution is 2.31. The highest BCUT2D eigenvalue weighted by atomic mass is 16.2. The predicted octanol–water partition coefficient (Wildman–Crippen LogP) is 5.01. The molecule has 0 saturated carbocycles. The number of fused-ring (bicyclic) bond motifs is 1. The zero-order chi connectivity index (χ0) is 23.0. The third-order valence-corrected chi connectivity index (χ3v) is 5.91. The first kappa shape index (κ1) is 21.6. The molecule has 0 spiro atoms. The summed E-state index contributed by atoms with van der Waals surface area (Å²) in [5, 5.41) is 8.57. The summed E-state index contributed by atoms with van der Waals surface area (Å²) in [5.41, 5.74) is 5.85. The number of aryl methyl sites for hydroxylation is 4. The molecular weight excluding hydrogens is 400 g/mol. The van der Waals surface area contributed by atoms with Crippen molar-refractivity contribution >= 4 is 22.6 Å². The van der Waals surface area contributed by atoms with Crippen LogP contribution in [0.4, 0.5) is 5.69 Å². The van der Waals surface area contributed by atoms with Crippen LogP contribution in [-0.2, 0) is 11.3 Å². The Kier molecular flexibility index (Phi) is 5.70. The van der Waals surface area contributed by atoms with Gasteiger partial charge in [0.05, 0.1) is 5.69 Å². The molecule has 1 atom stereocenters. The minimum atomic E-state index is -0.712. The molecule has 32 heavy (non-hydrogen) atoms. The first-order chi connectivity index (χ1) is 15.3. The van der Waals surface area contributed by atoms with E-state index in [0.29, 0.717) is 12.2 Å². The van der Waals surface area contributed by atoms with Crippen molar-refractivity contribution in [3.05, 3.63) is 81.8 Å². The van der Waals surface area contributed by atoms with Gasteiger partial charge in [0.15, 0.2) is 0 Å². The quantitative estimate of drug-likeness (QED) is 0.486. The highest BCUT2D eigenvalue weighted by molar-refractivity contribution is 5.98. The maximum Gasteiger partial charge on any atom is 0.253 e. The Morgan fingerprint density at radius 2 is 1.78 bits per heavy atom. The van der Waals surface area contributed by atoms with Crippen molar-refractivity contribution in [1.82, 2.24) is 14.3 Å². The fourth-order valence-electron chi connectivity index (χ4n) is 4.16. The van der Waals surface area contributed by atoms with E-state index in [9.17, 15) is 9.59 Å². The number of amides is 1. The lowest BCUT2D eigenvalue weighted by Gasteiger charge is -2.19. The topological polar surface area (TPSA) is 68.9 Å². The van der Waals surface area contributed by atoms with E-state index >= 15 is 0 Å². The Bertz CT molecular complexity index is 1370. The number of nitrogens with zero attached hydrogens (tertiary/aromatic N) is 3. The van der Waals surface area contributed by atoms with Crippen LogP contribution in [-0.4, -0.2) is 20.3 Å². The Hall–Kier alpha value is -3.67. The van der Waals surface area contributed by atoms with Crippen molar-refractivity contribution in [2.24, 2.45) is 0 Å². The van der Waals surface area contributed by atoms with Crippen LogP contribution in [0.1, 0.15) is 36.7 Å². The van der Waals surface area contributed by atoms with Crippen molar-refractivity contribution in [2.75, 3.05) is 5.32 Å². The zero-order valence-corrected chi connectivity index (χ0v) is 19.1. The number of carbonyl (C=O) groups is 1. The number of anilines is 1. The monoisotopic (exact) mass is 428 g/mol. The van der Waals surface area contributed by atoms with Gasteiger partial charge in [0.1, 0.15) is 11.7 Å². The summed E-state index contributed by atoms with van der Waals surface area (Å²) in [4.78, 5) is 26.6. The fraction of sp³-hybridized carbons (Fsp3) is 0.269. The smallest absolute Gasteiger partial charge is 0.253 e. The molecule has 0 bridgehead atoms. The summed E-state index contributed by atoms with van der Waals surface area (Å²) in [5.74, 6) is -0.240. The van der Waals surface area contributed by atoms with Gasteiger partial charge in [-0.3, -0.25) is 14.2 Å². The van der Waals surface area contributed by atoms with Crippen LogP contribution >= 0.6 is 0 Å². The average Bonchev–Trinajstić information content (AvgIpc) is 3.12. The molecule has 0 aliphatic heterocycles. The molecule has 1 unspecified atom stereocenters. The molecule has 164 valence electrons. The van der Waals surface area contributed by atoms with E-state index in [0.717, 1.165) is 39.0 Å². The summed E-state index contributed by atoms with van der Waals surface area (Å²) >= 11 is 0. The van der Waals surface area contributed by atoms with Crippen molar-refractivity contribution in [3.63, 3.8) is 0 Å². The molecule has 2 aromatic carbocycles. The standard InChI is InChI=1S/C26H28N4O2/c1-6-29-26-24(18(4)28-29)21(20-10-8-7-9-11-20)15-23(31)30(26)19(5)25(32)27-22-14-16(2)12-13-17(22)3/h7-15,19H,6H2,1-5H3,(H,27,32). The van der Waals surface area contributed by atoms with Crippen LogP contribution in [0.25, 0.3) is 22.2 Å². The number of hydrogen-bond donors (Lipinski definition) is 1. The van der Waals surface area contributed by atoms with E-state index in [4.69, 9.17) is 0 Å². The molecule has 0 aliphatic rings. The maximum atomic E-state index is 13.4. The number of hydrogen-bond acceptors (Lipinski definition) is 3. The van der Waals surface area contributed by atoms with E-state index in [1.54, 1.807) is 22.2 Å². The largest absolute Gasteiger partial charge is 0.324 e. The van der Waals surface area contributed by atoms with E-state index in [1.807, 2.05) is 76.2 Å². The molecular formula is C26H28N4O2. The predicted molar refractivity (Wildman–Crippen MR) is 129 cm³/mol. The first-order valence-electron chi connectivity index (χ1n) is 10.9. The van der Waals surface area contributed by atoms with Gasteiger partial charge < -0.3 is 5.32 Å². The molecule has 2 heterocycles. The first-order valence-corrected chi connectivity index (χ1v) is 10.9. The van der Waals surface area contributed by atoms with Crippen LogP contribution in [0.5, 0.6) is 0 Å². The Labute approximate surface area is 187 Å². The summed E-state index contributed by atoms with van der Waals surface area (Å²) in [6.45, 7) is 10.2. The van der Waals surface area contributed by atoms with Gasteiger partial charge >= 0.3 is 0 Å². The number of aromatic nitrogens is 3. The molecule has 0 fully saturated rings. The molecule has 1 amide bonds. The minimum Gasteiger partial charge on any atom is -0.324 e. The molecule has 4 aromatic rings. The zero-order valence-electron chi connectivity index (χ0n) is 19.1. The van der Waals surface area contributed by atoms with Gasteiger partial charge in [0.2, 0.25) is 5.91 Å². The molecule has 6 heteroatoms. The lowest BCUT2D eigenvalue weighted by molar-refractivity contribution is -0.118. The molecule has 6 nitrogen and oxygen atoms in total. The van der Waals surface area contributed by atoms with Crippen LogP contribution in [0.2, 0.25) is 0 Å². The van der Waals surface area contributed by atoms with Crippen LogP contribution in [0.3, 0.4) is 0 Å². The maximum absolute atomic E-state index is 13.4. The number of rotatable bonds is 5. The van der Waals surface area contributed by atoms with Crippen molar-refractivity contribution in [3.8, 4) is 11.1 Å². The third-order valence-electron chi connectivity index (χ3n) is 5.91. The summed E-state index contributed by atoms with van der Waals surface area (Å²) in [6, 6.07) is 16.7. The number of pyridine rings is 1. The Balaban J connectivity index is 1.87. The summed E-state index contributed by atoms with van der Waals surface area (Å²) in [7, 11) is 0. The molecule has 2 aromatic heterocycles. The second-order valence-electron chi connectivity index (χ2n) is 8.22. The van der Waals surface area contributed by atoms with Crippen molar-refractivity contribution < 1.29 is 4.79 Å². The van der Waals surface area contributed by atoms with Crippen molar-refractivity contribution in [2.45, 2.75) is 47.2 Å². The van der Waals surface area contributed by atoms with Gasteiger partial charge in [-0.1, -0.05) is 42.5 Å². The average molecular weight is 429 g/mol. The second kappa shape index (κ2) is 8.46. The van der Waals surface area contributed by atoms with Gasteiger partial charge in [0, 0.05) is 23.7 Å². The van der Waals surface area contributed by atoms with E-state index < -0.39 is 6.04 Å². The van der Waals surface area contributed by atoms with E-state index in [2.05, 4.69) is 10.4 Å². The van der Waals surface area contributed by atoms with Gasteiger partial charge in [-0.25, -0.2) is 4.68 Å². The van der Waals surface area contributed by atoms with Gasteiger partial charge in [-0.2, -0.15) is 5.10 Å². The SMILES string of the molecule is CCn1nc(C)c2c(-c3ccccc3)cc(=O)n(C(C)C(=O)Nc3cc(C)ccc3C)c21. The van der Waals surface area contributed by atoms with Gasteiger partial charge in [0.25, 0.3) is 5.56 Å². The van der Waals surface area contributed by atoms with Gasteiger partial charge in [-0.15, -0.1) is 0 Å². The molecule has 0 saturated heterocycles. The fourth-order valence-corrected chi connectivity index (χ4v) is 4.16. The lowest BCUT2D eigenvalue weighted by atomic mass is 10.0. The molecule has 0 radical (unpaired) electrons.